The van der Waals surface area contributed by atoms with Gasteiger partial charge in [0.2, 0.25) is 0 Å². The van der Waals surface area contributed by atoms with Crippen molar-refractivity contribution in [2.24, 2.45) is 0 Å². The molecule has 0 fully saturated rings. The molecule has 0 aliphatic heterocycles. The van der Waals surface area contributed by atoms with Crippen LogP contribution in [0.25, 0.3) is 0 Å². The van der Waals surface area contributed by atoms with Crippen LogP contribution >= 0.6 is 28.6 Å². The summed E-state index contributed by atoms with van der Waals surface area (Å²) in [4.78, 5) is 11.6. The zero-order chi connectivity index (χ0) is 8.97. The van der Waals surface area contributed by atoms with Crippen LogP contribution in [0.15, 0.2) is 29.2 Å². The van der Waals surface area contributed by atoms with Crippen LogP contribution in [0.3, 0.4) is 0 Å². The Kier molecular flexibility index (Phi) is 3.62. The second-order valence-electron chi connectivity index (χ2n) is 2.10. The Hall–Kier alpha value is -0.480. The molecule has 0 bridgehead atoms. The minimum atomic E-state index is -0.304. The van der Waals surface area contributed by atoms with Gasteiger partial charge in [0.25, 0.3) is 0 Å². The third kappa shape index (κ3) is 2.87. The van der Waals surface area contributed by atoms with E-state index in [-0.39, 0.29) is 11.3 Å². The van der Waals surface area contributed by atoms with Crippen molar-refractivity contribution < 1.29 is 9.53 Å². The number of thiol groups is 1. The summed E-state index contributed by atoms with van der Waals surface area (Å²) in [6, 6.07) is 6.92. The fraction of sp³-hybridized carbons (Fsp3) is 0.125. The second-order valence-corrected chi connectivity index (χ2v) is 3.18. The van der Waals surface area contributed by atoms with Gasteiger partial charge in [-0.3, -0.25) is 4.79 Å². The molecule has 0 amide bonds. The lowest BCUT2D eigenvalue weighted by Gasteiger charge is -2.00. The third-order valence-corrected chi connectivity index (χ3v) is 1.93. The van der Waals surface area contributed by atoms with Gasteiger partial charge in [-0.1, -0.05) is 15.9 Å². The molecule has 0 aliphatic carbocycles. The van der Waals surface area contributed by atoms with Crippen LogP contribution < -0.4 is 4.74 Å². The largest absolute Gasteiger partial charge is 0.426 e. The number of carbonyl (C=O) groups excluding carboxylic acids is 1. The van der Waals surface area contributed by atoms with Crippen molar-refractivity contribution in [1.82, 2.24) is 0 Å². The molecular weight excluding hydrogens is 240 g/mol. The summed E-state index contributed by atoms with van der Waals surface area (Å²) in [6.07, 6.45) is 0. The Morgan fingerprint density at radius 3 is 2.50 bits per heavy atom. The van der Waals surface area contributed by atoms with E-state index in [1.807, 2.05) is 0 Å². The van der Waals surface area contributed by atoms with Gasteiger partial charge in [-0.2, -0.15) is 0 Å². The van der Waals surface area contributed by atoms with Gasteiger partial charge in [-0.25, -0.2) is 0 Å². The van der Waals surface area contributed by atoms with Crippen LogP contribution in [0.4, 0.5) is 0 Å². The van der Waals surface area contributed by atoms with Crippen molar-refractivity contribution in [2.75, 3.05) is 5.33 Å². The molecule has 12 heavy (non-hydrogen) atoms. The Morgan fingerprint density at radius 1 is 1.42 bits per heavy atom. The van der Waals surface area contributed by atoms with Gasteiger partial charge in [0, 0.05) is 4.90 Å². The number of hydrogen-bond acceptors (Lipinski definition) is 3. The standard InChI is InChI=1S/C8H7BrO2S/c9-5-8(10)11-6-1-3-7(12)4-2-6/h1-4,12H,5H2. The molecule has 2 nitrogen and oxygen atoms in total. The summed E-state index contributed by atoms with van der Waals surface area (Å²) in [5.74, 6) is 0.235. The van der Waals surface area contributed by atoms with E-state index in [1.165, 1.54) is 0 Å². The molecule has 0 saturated heterocycles. The summed E-state index contributed by atoms with van der Waals surface area (Å²) in [7, 11) is 0. The average molecular weight is 247 g/mol. The van der Waals surface area contributed by atoms with Crippen LogP contribution in [-0.2, 0) is 4.79 Å². The molecule has 0 atom stereocenters. The summed E-state index contributed by atoms with van der Waals surface area (Å²) >= 11 is 7.09. The zero-order valence-electron chi connectivity index (χ0n) is 6.16. The summed E-state index contributed by atoms with van der Waals surface area (Å²) in [5, 5.41) is 0.204. The van der Waals surface area contributed by atoms with Crippen molar-refractivity contribution in [2.45, 2.75) is 4.90 Å². The van der Waals surface area contributed by atoms with Crippen molar-refractivity contribution in [3.63, 3.8) is 0 Å². The molecule has 1 rings (SSSR count). The Balaban J connectivity index is 2.64. The lowest BCUT2D eigenvalue weighted by atomic mass is 10.3. The van der Waals surface area contributed by atoms with E-state index in [9.17, 15) is 4.79 Å². The highest BCUT2D eigenvalue weighted by atomic mass is 79.9. The lowest BCUT2D eigenvalue weighted by Crippen LogP contribution is -2.08. The molecule has 0 unspecified atom stereocenters. The average Bonchev–Trinajstić information content (AvgIpc) is 2.09. The van der Waals surface area contributed by atoms with E-state index in [4.69, 9.17) is 4.74 Å². The first-order valence-corrected chi connectivity index (χ1v) is 4.85. The third-order valence-electron chi connectivity index (χ3n) is 1.18. The number of ether oxygens (including phenoxy) is 1. The number of esters is 1. The predicted molar refractivity (Wildman–Crippen MR) is 53.1 cm³/mol. The van der Waals surface area contributed by atoms with Crippen LogP contribution in [0.5, 0.6) is 5.75 Å². The Bertz CT molecular complexity index is 271. The molecule has 0 aliphatic rings. The quantitative estimate of drug-likeness (QED) is 0.375. The highest BCUT2D eigenvalue weighted by Crippen LogP contribution is 2.14. The fourth-order valence-electron chi connectivity index (χ4n) is 0.673. The van der Waals surface area contributed by atoms with E-state index in [1.54, 1.807) is 24.3 Å². The summed E-state index contributed by atoms with van der Waals surface area (Å²) in [6.45, 7) is 0. The number of benzene rings is 1. The van der Waals surface area contributed by atoms with Crippen LogP contribution in [-0.4, -0.2) is 11.3 Å². The zero-order valence-corrected chi connectivity index (χ0v) is 8.64. The van der Waals surface area contributed by atoms with Gasteiger partial charge in [0.1, 0.15) is 11.1 Å². The van der Waals surface area contributed by atoms with Crippen LogP contribution in [0.2, 0.25) is 0 Å². The van der Waals surface area contributed by atoms with Crippen molar-refractivity contribution in [3.05, 3.63) is 24.3 Å². The molecule has 1 aromatic rings. The number of hydrogen-bond donors (Lipinski definition) is 1. The summed E-state index contributed by atoms with van der Waals surface area (Å²) < 4.78 is 4.90. The maximum Gasteiger partial charge on any atom is 0.321 e. The Morgan fingerprint density at radius 2 is 2.00 bits per heavy atom. The molecule has 0 saturated carbocycles. The molecule has 64 valence electrons. The first kappa shape index (κ1) is 9.61. The van der Waals surface area contributed by atoms with Crippen molar-refractivity contribution in [3.8, 4) is 5.75 Å². The van der Waals surface area contributed by atoms with E-state index in [0.717, 1.165) is 4.90 Å². The van der Waals surface area contributed by atoms with Gasteiger partial charge in [0.05, 0.1) is 0 Å². The van der Waals surface area contributed by atoms with Gasteiger partial charge in [-0.05, 0) is 24.3 Å². The maximum atomic E-state index is 10.8. The van der Waals surface area contributed by atoms with E-state index in [2.05, 4.69) is 28.6 Å². The van der Waals surface area contributed by atoms with Gasteiger partial charge >= 0.3 is 5.97 Å². The lowest BCUT2D eigenvalue weighted by molar-refractivity contribution is -0.131. The van der Waals surface area contributed by atoms with E-state index in [0.29, 0.717) is 5.75 Å². The predicted octanol–water partition coefficient (Wildman–Crippen LogP) is 2.28. The number of rotatable bonds is 2. The SMILES string of the molecule is O=C(CBr)Oc1ccc(S)cc1. The monoisotopic (exact) mass is 246 g/mol. The topological polar surface area (TPSA) is 26.3 Å². The number of carbonyl (C=O) groups is 1. The van der Waals surface area contributed by atoms with Crippen molar-refractivity contribution in [1.29, 1.82) is 0 Å². The smallest absolute Gasteiger partial charge is 0.321 e. The highest BCUT2D eigenvalue weighted by molar-refractivity contribution is 9.09. The minimum absolute atomic E-state index is 0.204. The first-order chi connectivity index (χ1) is 5.72. The molecule has 0 heterocycles. The maximum absolute atomic E-state index is 10.8. The number of halogens is 1. The van der Waals surface area contributed by atoms with E-state index < -0.39 is 0 Å². The normalized spacial score (nSPS) is 9.50. The van der Waals surface area contributed by atoms with Crippen LogP contribution in [0.1, 0.15) is 0 Å². The molecule has 4 heteroatoms. The highest BCUT2D eigenvalue weighted by Gasteiger charge is 2.00. The van der Waals surface area contributed by atoms with E-state index >= 15 is 0 Å². The van der Waals surface area contributed by atoms with Gasteiger partial charge in [-0.15, -0.1) is 12.6 Å². The molecule has 0 aromatic heterocycles. The molecular formula is C8H7BrO2S. The van der Waals surface area contributed by atoms with Gasteiger partial charge < -0.3 is 4.74 Å². The second kappa shape index (κ2) is 4.52. The Labute approximate surface area is 84.5 Å². The summed E-state index contributed by atoms with van der Waals surface area (Å²) in [5.41, 5.74) is 0. The van der Waals surface area contributed by atoms with Crippen LogP contribution in [0, 0.1) is 0 Å². The first-order valence-electron chi connectivity index (χ1n) is 3.28. The van der Waals surface area contributed by atoms with Crippen molar-refractivity contribution >= 4 is 34.5 Å². The minimum Gasteiger partial charge on any atom is -0.426 e. The molecule has 0 N–H and O–H groups in total. The molecule has 0 spiro atoms. The number of alkyl halides is 1. The fourth-order valence-corrected chi connectivity index (χ4v) is 0.936. The molecule has 0 radical (unpaired) electrons. The molecule has 1 aromatic carbocycles. The van der Waals surface area contributed by atoms with Gasteiger partial charge in [0.15, 0.2) is 0 Å².